The van der Waals surface area contributed by atoms with Crippen molar-refractivity contribution in [3.05, 3.63) is 41.7 Å². The van der Waals surface area contributed by atoms with Crippen LogP contribution in [0.5, 0.6) is 5.75 Å². The molecular formula is C18H22N2O3S. The molecule has 4 rings (SSSR count). The van der Waals surface area contributed by atoms with Gasteiger partial charge in [-0.15, -0.1) is 0 Å². The van der Waals surface area contributed by atoms with Gasteiger partial charge in [-0.2, -0.15) is 5.10 Å². The topological polar surface area (TPSA) is 61.2 Å². The molecule has 6 heteroatoms. The number of hydrogen-bond donors (Lipinski definition) is 0. The van der Waals surface area contributed by atoms with Gasteiger partial charge in [0.2, 0.25) is 0 Å². The second-order valence-corrected chi connectivity index (χ2v) is 8.68. The number of rotatable bonds is 4. The van der Waals surface area contributed by atoms with Crippen molar-refractivity contribution in [3.8, 4) is 5.75 Å². The van der Waals surface area contributed by atoms with E-state index in [0.29, 0.717) is 17.5 Å². The van der Waals surface area contributed by atoms with Crippen LogP contribution in [0.3, 0.4) is 0 Å². The largest absolute Gasteiger partial charge is 0.493 e. The third-order valence-corrected chi connectivity index (χ3v) is 6.68. The van der Waals surface area contributed by atoms with Crippen molar-refractivity contribution in [2.45, 2.75) is 55.2 Å². The summed E-state index contributed by atoms with van der Waals surface area (Å²) in [5.74, 6) is 0.810. The lowest BCUT2D eigenvalue weighted by Gasteiger charge is -2.24. The van der Waals surface area contributed by atoms with Gasteiger partial charge in [-0.25, -0.2) is 8.42 Å². The van der Waals surface area contributed by atoms with Crippen molar-refractivity contribution in [1.82, 2.24) is 9.78 Å². The number of ether oxygens (including phenoxy) is 1. The molecule has 0 unspecified atom stereocenters. The summed E-state index contributed by atoms with van der Waals surface area (Å²) in [6.07, 6.45) is 8.33. The second kappa shape index (κ2) is 6.24. The molecular weight excluding hydrogens is 324 g/mol. The molecule has 2 aliphatic rings. The highest BCUT2D eigenvalue weighted by Crippen LogP contribution is 2.31. The summed E-state index contributed by atoms with van der Waals surface area (Å²) in [5, 5.41) is 4.41. The molecule has 0 saturated heterocycles. The van der Waals surface area contributed by atoms with Gasteiger partial charge in [0.05, 0.1) is 29.0 Å². The molecule has 0 bridgehead atoms. The van der Waals surface area contributed by atoms with Crippen LogP contribution >= 0.6 is 0 Å². The van der Waals surface area contributed by atoms with E-state index in [9.17, 15) is 8.42 Å². The quantitative estimate of drug-likeness (QED) is 0.852. The van der Waals surface area contributed by atoms with E-state index in [4.69, 9.17) is 4.74 Å². The van der Waals surface area contributed by atoms with Crippen LogP contribution in [0, 0.1) is 0 Å². The molecule has 2 heterocycles. The maximum atomic E-state index is 12.9. The molecule has 0 radical (unpaired) electrons. The van der Waals surface area contributed by atoms with E-state index in [1.54, 1.807) is 24.4 Å². The summed E-state index contributed by atoms with van der Waals surface area (Å²) in [6, 6.07) is 7.36. The highest BCUT2D eigenvalue weighted by atomic mass is 32.2. The van der Waals surface area contributed by atoms with Crippen LogP contribution in [0.25, 0.3) is 0 Å². The number of nitrogens with zero attached hydrogens (tertiary/aromatic N) is 2. The van der Waals surface area contributed by atoms with Crippen LogP contribution in [0.1, 0.15) is 49.4 Å². The lowest BCUT2D eigenvalue weighted by Crippen LogP contribution is -2.18. The molecule has 1 aromatic carbocycles. The molecule has 0 spiro atoms. The molecule has 0 amide bonds. The first-order chi connectivity index (χ1) is 11.6. The Morgan fingerprint density at radius 1 is 1.17 bits per heavy atom. The maximum Gasteiger partial charge on any atom is 0.184 e. The predicted octanol–water partition coefficient (Wildman–Crippen LogP) is 3.30. The van der Waals surface area contributed by atoms with Crippen LogP contribution in [0.15, 0.2) is 35.4 Å². The smallest absolute Gasteiger partial charge is 0.184 e. The molecule has 1 fully saturated rings. The van der Waals surface area contributed by atoms with E-state index in [2.05, 4.69) is 5.10 Å². The zero-order chi connectivity index (χ0) is 16.6. The Labute approximate surface area is 142 Å². The van der Waals surface area contributed by atoms with Crippen molar-refractivity contribution >= 4 is 9.84 Å². The highest BCUT2D eigenvalue weighted by molar-refractivity contribution is 7.90. The Hall–Kier alpha value is -1.82. The first kappa shape index (κ1) is 15.7. The van der Waals surface area contributed by atoms with Gasteiger partial charge in [0.1, 0.15) is 5.75 Å². The first-order valence-electron chi connectivity index (χ1n) is 8.64. The summed E-state index contributed by atoms with van der Waals surface area (Å²) in [7, 11) is -3.38. The number of aromatic nitrogens is 2. The molecule has 2 aromatic rings. The molecule has 5 nitrogen and oxygen atoms in total. The Balaban J connectivity index is 1.59. The Kier molecular flexibility index (Phi) is 4.08. The van der Waals surface area contributed by atoms with Gasteiger partial charge in [0, 0.05) is 12.6 Å². The summed E-state index contributed by atoms with van der Waals surface area (Å²) >= 11 is 0. The molecule has 1 aromatic heterocycles. The van der Waals surface area contributed by atoms with Gasteiger partial charge < -0.3 is 4.74 Å². The zero-order valence-corrected chi connectivity index (χ0v) is 14.5. The number of sulfone groups is 1. The fourth-order valence-electron chi connectivity index (χ4n) is 3.74. The van der Waals surface area contributed by atoms with Gasteiger partial charge >= 0.3 is 0 Å². The summed E-state index contributed by atoms with van der Waals surface area (Å²) in [4.78, 5) is 0.378. The lowest BCUT2D eigenvalue weighted by molar-refractivity contribution is 0.324. The molecule has 1 saturated carbocycles. The van der Waals surface area contributed by atoms with Gasteiger partial charge in [-0.3, -0.25) is 4.68 Å². The molecule has 0 N–H and O–H groups in total. The normalized spacial score (nSPS) is 18.3. The molecule has 24 heavy (non-hydrogen) atoms. The maximum absolute atomic E-state index is 12.9. The minimum absolute atomic E-state index is 0.00312. The molecule has 1 aliphatic carbocycles. The minimum Gasteiger partial charge on any atom is -0.493 e. The van der Waals surface area contributed by atoms with E-state index in [1.807, 2.05) is 10.7 Å². The van der Waals surface area contributed by atoms with Crippen molar-refractivity contribution < 1.29 is 13.2 Å². The molecule has 1 aliphatic heterocycles. The average Bonchev–Trinajstić information content (AvgIpc) is 3.23. The zero-order valence-electron chi connectivity index (χ0n) is 13.6. The molecule has 128 valence electrons. The fraction of sp³-hybridized carbons (Fsp3) is 0.500. The van der Waals surface area contributed by atoms with Gasteiger partial charge in [-0.1, -0.05) is 19.3 Å². The van der Waals surface area contributed by atoms with Crippen molar-refractivity contribution in [3.63, 3.8) is 0 Å². The van der Waals surface area contributed by atoms with Crippen molar-refractivity contribution in [2.24, 2.45) is 0 Å². The van der Waals surface area contributed by atoms with Crippen LogP contribution in [0.4, 0.5) is 0 Å². The van der Waals surface area contributed by atoms with E-state index >= 15 is 0 Å². The van der Waals surface area contributed by atoms with Crippen molar-refractivity contribution in [2.75, 3.05) is 6.61 Å². The van der Waals surface area contributed by atoms with E-state index in [-0.39, 0.29) is 5.75 Å². The average molecular weight is 346 g/mol. The van der Waals surface area contributed by atoms with Crippen LogP contribution < -0.4 is 4.74 Å². The van der Waals surface area contributed by atoms with Gasteiger partial charge in [0.15, 0.2) is 9.84 Å². The van der Waals surface area contributed by atoms with Crippen molar-refractivity contribution in [1.29, 1.82) is 0 Å². The van der Waals surface area contributed by atoms with Crippen LogP contribution in [0.2, 0.25) is 0 Å². The molecule has 0 atom stereocenters. The summed E-state index contributed by atoms with van der Waals surface area (Å²) in [6.45, 7) is 0.632. The van der Waals surface area contributed by atoms with Gasteiger partial charge in [-0.05, 0) is 42.7 Å². The van der Waals surface area contributed by atoms with Crippen LogP contribution in [-0.2, 0) is 22.0 Å². The van der Waals surface area contributed by atoms with E-state index < -0.39 is 9.84 Å². The third kappa shape index (κ3) is 2.95. The summed E-state index contributed by atoms with van der Waals surface area (Å²) < 4.78 is 33.1. The standard InChI is InChI=1S/C18H22N2O3S/c21-24(22,17-6-7-18-14(12-17)9-11-23-18)13-16-8-10-19-20(16)15-4-2-1-3-5-15/h6-8,10,12,15H,1-5,9,11,13H2. The summed E-state index contributed by atoms with van der Waals surface area (Å²) in [5.41, 5.74) is 1.77. The predicted molar refractivity (Wildman–Crippen MR) is 90.9 cm³/mol. The Morgan fingerprint density at radius 3 is 2.83 bits per heavy atom. The van der Waals surface area contributed by atoms with E-state index in [1.165, 1.54) is 19.3 Å². The lowest BCUT2D eigenvalue weighted by atomic mass is 9.95. The number of benzene rings is 1. The first-order valence-corrected chi connectivity index (χ1v) is 10.3. The van der Waals surface area contributed by atoms with E-state index in [0.717, 1.165) is 36.3 Å². The highest BCUT2D eigenvalue weighted by Gasteiger charge is 2.24. The SMILES string of the molecule is O=S(=O)(Cc1ccnn1C1CCCCC1)c1ccc2c(c1)CCO2. The number of fused-ring (bicyclic) bond motifs is 1. The van der Waals surface area contributed by atoms with Gasteiger partial charge in [0.25, 0.3) is 0 Å². The second-order valence-electron chi connectivity index (χ2n) is 6.69. The Morgan fingerprint density at radius 2 is 2.00 bits per heavy atom. The fourth-order valence-corrected chi connectivity index (χ4v) is 5.13. The Bertz CT molecular complexity index is 836. The number of hydrogen-bond acceptors (Lipinski definition) is 4. The monoisotopic (exact) mass is 346 g/mol. The minimum atomic E-state index is -3.38. The third-order valence-electron chi connectivity index (χ3n) is 5.03. The van der Waals surface area contributed by atoms with Crippen LogP contribution in [-0.4, -0.2) is 24.8 Å².